The third-order valence-electron chi connectivity index (χ3n) is 4.01. The Morgan fingerprint density at radius 2 is 1.96 bits per heavy atom. The number of benzene rings is 2. The number of carbonyl (C=O) groups excluding carboxylic acids is 1. The van der Waals surface area contributed by atoms with Crippen LogP contribution in [0.15, 0.2) is 41.5 Å². The molecule has 6 nitrogen and oxygen atoms in total. The van der Waals surface area contributed by atoms with E-state index in [1.165, 1.54) is 0 Å². The maximum absolute atomic E-state index is 12.0. The second-order valence-electron chi connectivity index (χ2n) is 6.14. The SMILES string of the molecule is C/C(=N/NC(=O)COc1ccc(Cl)cc1C)c1ccc2c(c1)OCCCO2. The Kier molecular flexibility index (Phi) is 6.19. The third-order valence-corrected chi connectivity index (χ3v) is 4.24. The van der Waals surface area contributed by atoms with Crippen molar-refractivity contribution in [2.24, 2.45) is 5.10 Å². The van der Waals surface area contributed by atoms with Crippen molar-refractivity contribution in [3.63, 3.8) is 0 Å². The molecule has 2 aromatic rings. The number of fused-ring (bicyclic) bond motifs is 1. The lowest BCUT2D eigenvalue weighted by molar-refractivity contribution is -0.123. The second-order valence-corrected chi connectivity index (χ2v) is 6.58. The number of amides is 1. The molecule has 0 saturated heterocycles. The van der Waals surface area contributed by atoms with Crippen molar-refractivity contribution in [2.75, 3.05) is 19.8 Å². The third kappa shape index (κ3) is 5.14. The molecule has 7 heteroatoms. The Morgan fingerprint density at radius 1 is 1.19 bits per heavy atom. The van der Waals surface area contributed by atoms with Crippen molar-refractivity contribution in [3.05, 3.63) is 52.5 Å². The molecule has 3 rings (SSSR count). The molecule has 0 spiro atoms. The van der Waals surface area contributed by atoms with E-state index in [0.29, 0.717) is 35.4 Å². The molecule has 1 amide bonds. The van der Waals surface area contributed by atoms with Gasteiger partial charge in [0, 0.05) is 17.0 Å². The lowest BCUT2D eigenvalue weighted by Gasteiger charge is -2.10. The number of hydrazone groups is 1. The summed E-state index contributed by atoms with van der Waals surface area (Å²) in [5, 5.41) is 4.76. The largest absolute Gasteiger partial charge is 0.490 e. The maximum Gasteiger partial charge on any atom is 0.277 e. The minimum Gasteiger partial charge on any atom is -0.490 e. The molecular formula is C20H21ClN2O4. The highest BCUT2D eigenvalue weighted by molar-refractivity contribution is 6.30. The van der Waals surface area contributed by atoms with Crippen LogP contribution in [0.25, 0.3) is 0 Å². The molecule has 1 aliphatic heterocycles. The van der Waals surface area contributed by atoms with Crippen LogP contribution in [0.4, 0.5) is 0 Å². The Balaban J connectivity index is 1.58. The van der Waals surface area contributed by atoms with Gasteiger partial charge in [-0.05, 0) is 55.8 Å². The molecule has 0 aliphatic carbocycles. The highest BCUT2D eigenvalue weighted by Crippen LogP contribution is 2.30. The summed E-state index contributed by atoms with van der Waals surface area (Å²) in [6, 6.07) is 10.8. The van der Waals surface area contributed by atoms with Crippen LogP contribution >= 0.6 is 11.6 Å². The Labute approximate surface area is 163 Å². The van der Waals surface area contributed by atoms with E-state index in [-0.39, 0.29) is 12.5 Å². The summed E-state index contributed by atoms with van der Waals surface area (Å²) in [5.74, 6) is 1.67. The molecule has 0 bridgehead atoms. The molecule has 0 unspecified atom stereocenters. The molecule has 0 radical (unpaired) electrons. The number of carbonyl (C=O) groups is 1. The molecule has 142 valence electrons. The summed E-state index contributed by atoms with van der Waals surface area (Å²) >= 11 is 5.91. The molecule has 0 atom stereocenters. The number of hydrogen-bond donors (Lipinski definition) is 1. The lowest BCUT2D eigenvalue weighted by atomic mass is 10.1. The molecule has 1 N–H and O–H groups in total. The van der Waals surface area contributed by atoms with Gasteiger partial charge in [0.2, 0.25) is 0 Å². The van der Waals surface area contributed by atoms with E-state index < -0.39 is 0 Å². The standard InChI is InChI=1S/C20H21ClN2O4/c1-13-10-16(21)5-7-17(13)27-12-20(24)23-22-14(2)15-4-6-18-19(11-15)26-9-3-8-25-18/h4-7,10-11H,3,8-9,12H2,1-2H3,(H,23,24)/b22-14-. The lowest BCUT2D eigenvalue weighted by Crippen LogP contribution is -2.25. The fraction of sp³-hybridized carbons (Fsp3) is 0.300. The van der Waals surface area contributed by atoms with E-state index in [1.807, 2.05) is 32.0 Å². The number of nitrogens with one attached hydrogen (secondary N) is 1. The minimum absolute atomic E-state index is 0.139. The van der Waals surface area contributed by atoms with E-state index in [9.17, 15) is 4.79 Å². The van der Waals surface area contributed by atoms with Crippen LogP contribution in [0.1, 0.15) is 24.5 Å². The van der Waals surface area contributed by atoms with Crippen molar-refractivity contribution >= 4 is 23.2 Å². The van der Waals surface area contributed by atoms with E-state index in [0.717, 1.165) is 23.3 Å². The highest BCUT2D eigenvalue weighted by atomic mass is 35.5. The van der Waals surface area contributed by atoms with Crippen LogP contribution in [-0.2, 0) is 4.79 Å². The van der Waals surface area contributed by atoms with Crippen LogP contribution < -0.4 is 19.6 Å². The molecule has 0 aromatic heterocycles. The van der Waals surface area contributed by atoms with E-state index in [1.54, 1.807) is 18.2 Å². The van der Waals surface area contributed by atoms with Crippen LogP contribution in [0.2, 0.25) is 5.02 Å². The van der Waals surface area contributed by atoms with E-state index in [2.05, 4.69) is 10.5 Å². The topological polar surface area (TPSA) is 69.2 Å². The maximum atomic E-state index is 12.0. The van der Waals surface area contributed by atoms with E-state index >= 15 is 0 Å². The van der Waals surface area contributed by atoms with Gasteiger partial charge in [0.05, 0.1) is 18.9 Å². The average Bonchev–Trinajstić information content (AvgIpc) is 2.90. The molecule has 1 heterocycles. The predicted octanol–water partition coefficient (Wildman–Crippen LogP) is 3.73. The number of hydrogen-bond acceptors (Lipinski definition) is 5. The molecular weight excluding hydrogens is 368 g/mol. The molecule has 2 aromatic carbocycles. The van der Waals surface area contributed by atoms with Crippen LogP contribution in [0, 0.1) is 6.92 Å². The zero-order chi connectivity index (χ0) is 19.2. The smallest absolute Gasteiger partial charge is 0.277 e. The number of aryl methyl sites for hydroxylation is 1. The van der Waals surface area contributed by atoms with Gasteiger partial charge in [-0.3, -0.25) is 4.79 Å². The summed E-state index contributed by atoms with van der Waals surface area (Å²) in [6.07, 6.45) is 0.847. The van der Waals surface area contributed by atoms with Gasteiger partial charge in [-0.1, -0.05) is 11.6 Å². The first-order valence-corrected chi connectivity index (χ1v) is 9.03. The van der Waals surface area contributed by atoms with Gasteiger partial charge >= 0.3 is 0 Å². The number of ether oxygens (including phenoxy) is 3. The van der Waals surface area contributed by atoms with Gasteiger partial charge in [-0.15, -0.1) is 0 Å². The molecule has 1 aliphatic rings. The normalized spacial score (nSPS) is 13.7. The Morgan fingerprint density at radius 3 is 2.74 bits per heavy atom. The first-order valence-electron chi connectivity index (χ1n) is 8.65. The number of halogens is 1. The summed E-state index contributed by atoms with van der Waals surface area (Å²) < 4.78 is 16.8. The average molecular weight is 389 g/mol. The fourth-order valence-electron chi connectivity index (χ4n) is 2.55. The van der Waals surface area contributed by atoms with Gasteiger partial charge in [-0.25, -0.2) is 5.43 Å². The van der Waals surface area contributed by atoms with Crippen molar-refractivity contribution < 1.29 is 19.0 Å². The van der Waals surface area contributed by atoms with Gasteiger partial charge in [0.15, 0.2) is 18.1 Å². The van der Waals surface area contributed by atoms with Gasteiger partial charge in [-0.2, -0.15) is 5.10 Å². The summed E-state index contributed by atoms with van der Waals surface area (Å²) in [5.41, 5.74) is 4.86. The summed E-state index contributed by atoms with van der Waals surface area (Å²) in [6.45, 7) is 4.79. The number of nitrogens with zero attached hydrogens (tertiary/aromatic N) is 1. The van der Waals surface area contributed by atoms with E-state index in [4.69, 9.17) is 25.8 Å². The zero-order valence-corrected chi connectivity index (χ0v) is 16.0. The van der Waals surface area contributed by atoms with Gasteiger partial charge < -0.3 is 14.2 Å². The van der Waals surface area contributed by atoms with Crippen LogP contribution in [-0.4, -0.2) is 31.4 Å². The zero-order valence-electron chi connectivity index (χ0n) is 15.3. The Bertz CT molecular complexity index is 867. The van der Waals surface area contributed by atoms with Crippen molar-refractivity contribution in [1.82, 2.24) is 5.43 Å². The monoisotopic (exact) mass is 388 g/mol. The van der Waals surface area contributed by atoms with Crippen molar-refractivity contribution in [3.8, 4) is 17.2 Å². The van der Waals surface area contributed by atoms with Crippen molar-refractivity contribution in [2.45, 2.75) is 20.3 Å². The van der Waals surface area contributed by atoms with Crippen molar-refractivity contribution in [1.29, 1.82) is 0 Å². The fourth-order valence-corrected chi connectivity index (χ4v) is 2.78. The summed E-state index contributed by atoms with van der Waals surface area (Å²) in [7, 11) is 0. The predicted molar refractivity (Wildman–Crippen MR) is 104 cm³/mol. The summed E-state index contributed by atoms with van der Waals surface area (Å²) in [4.78, 5) is 12.0. The van der Waals surface area contributed by atoms with Crippen LogP contribution in [0.5, 0.6) is 17.2 Å². The quantitative estimate of drug-likeness (QED) is 0.626. The molecule has 0 saturated carbocycles. The van der Waals surface area contributed by atoms with Crippen LogP contribution in [0.3, 0.4) is 0 Å². The minimum atomic E-state index is -0.349. The van der Waals surface area contributed by atoms with Gasteiger partial charge in [0.1, 0.15) is 5.75 Å². The second kappa shape index (κ2) is 8.77. The highest BCUT2D eigenvalue weighted by Gasteiger charge is 2.12. The first-order chi connectivity index (χ1) is 13.0. The molecule has 0 fully saturated rings. The first kappa shape index (κ1) is 19.0. The molecule has 27 heavy (non-hydrogen) atoms. The Hall–Kier alpha value is -2.73. The van der Waals surface area contributed by atoms with Gasteiger partial charge in [0.25, 0.3) is 5.91 Å². The number of rotatable bonds is 5.